The standard InChI is InChI=1S/C36H56O12/c1-31(2)10-11-35(30(45)46)12-13-36(17-38)18(19(35)14-31)6-7-22-32(3)15-20(39)27(34(5,29(43)44)23(32)8-9-33(22,36)4)48-28-26(42)25(41)24(40)21(16-37)47-28/h6,19-28,37-42H,7-17H2,1-5H3,(H,43,44)(H,45,46)/t19-,20+,21-,22-,23-,24-,25+,26+,27+,28+,32-,33-,34+,35+,36+/m1/s1. The summed E-state index contributed by atoms with van der Waals surface area (Å²) in [7, 11) is 0. The van der Waals surface area contributed by atoms with Crippen molar-refractivity contribution in [2.45, 2.75) is 135 Å². The minimum atomic E-state index is -1.75. The van der Waals surface area contributed by atoms with Gasteiger partial charge >= 0.3 is 11.9 Å². The number of hydrogen-bond acceptors (Lipinski definition) is 10. The number of rotatable bonds is 6. The molecule has 5 fully saturated rings. The van der Waals surface area contributed by atoms with Gasteiger partial charge in [0.2, 0.25) is 0 Å². The molecule has 0 radical (unpaired) electrons. The van der Waals surface area contributed by atoms with Crippen LogP contribution in [0.25, 0.3) is 0 Å². The van der Waals surface area contributed by atoms with E-state index < -0.39 is 94.5 Å². The van der Waals surface area contributed by atoms with Crippen LogP contribution in [0.4, 0.5) is 0 Å². The van der Waals surface area contributed by atoms with Crippen molar-refractivity contribution in [3.63, 3.8) is 0 Å². The van der Waals surface area contributed by atoms with Crippen LogP contribution >= 0.6 is 0 Å². The number of ether oxygens (including phenoxy) is 2. The average molecular weight is 681 g/mol. The predicted octanol–water partition coefficient (Wildman–Crippen LogP) is 2.07. The maximum Gasteiger partial charge on any atom is 0.312 e. The zero-order valence-electron chi connectivity index (χ0n) is 28.8. The molecule has 0 amide bonds. The number of aliphatic carboxylic acids is 2. The maximum absolute atomic E-state index is 13.4. The molecule has 0 aromatic carbocycles. The number of aliphatic hydroxyl groups excluding tert-OH is 6. The lowest BCUT2D eigenvalue weighted by atomic mass is 9.33. The first-order valence-electron chi connectivity index (χ1n) is 17.7. The zero-order chi connectivity index (χ0) is 35.4. The Morgan fingerprint density at radius 1 is 0.854 bits per heavy atom. The van der Waals surface area contributed by atoms with Gasteiger partial charge in [-0.1, -0.05) is 39.3 Å². The van der Waals surface area contributed by atoms with E-state index in [9.17, 15) is 50.4 Å². The molecular formula is C36H56O12. The summed E-state index contributed by atoms with van der Waals surface area (Å²) in [5.41, 5.74) is -3.46. The lowest BCUT2D eigenvalue weighted by Gasteiger charge is -2.71. The fraction of sp³-hybridized carbons (Fsp3) is 0.889. The molecule has 0 aromatic heterocycles. The number of hydrogen-bond donors (Lipinski definition) is 8. The van der Waals surface area contributed by atoms with Crippen LogP contribution in [-0.4, -0.2) is 109 Å². The molecule has 8 N–H and O–H groups in total. The lowest BCUT2D eigenvalue weighted by Crippen LogP contribution is -2.71. The summed E-state index contributed by atoms with van der Waals surface area (Å²) < 4.78 is 11.7. The summed E-state index contributed by atoms with van der Waals surface area (Å²) in [6.07, 6.45) is -3.56. The number of carboxylic acids is 2. The highest BCUT2D eigenvalue weighted by molar-refractivity contribution is 5.77. The second-order valence-corrected chi connectivity index (χ2v) is 17.7. The van der Waals surface area contributed by atoms with E-state index in [1.165, 1.54) is 0 Å². The fourth-order valence-corrected chi connectivity index (χ4v) is 12.4. The van der Waals surface area contributed by atoms with Crippen molar-refractivity contribution in [2.75, 3.05) is 13.2 Å². The third-order valence-electron chi connectivity index (χ3n) is 15.2. The van der Waals surface area contributed by atoms with Crippen LogP contribution in [0.1, 0.15) is 92.4 Å². The Labute approximate surface area is 282 Å². The highest BCUT2D eigenvalue weighted by Crippen LogP contribution is 2.76. The smallest absolute Gasteiger partial charge is 0.312 e. The lowest BCUT2D eigenvalue weighted by molar-refractivity contribution is -0.340. The van der Waals surface area contributed by atoms with E-state index in [-0.39, 0.29) is 30.3 Å². The summed E-state index contributed by atoms with van der Waals surface area (Å²) >= 11 is 0. The van der Waals surface area contributed by atoms with Crippen LogP contribution in [-0.2, 0) is 19.1 Å². The van der Waals surface area contributed by atoms with Crippen molar-refractivity contribution in [1.82, 2.24) is 0 Å². The summed E-state index contributed by atoms with van der Waals surface area (Å²) in [6, 6.07) is 0. The van der Waals surface area contributed by atoms with Crippen LogP contribution in [0.2, 0.25) is 0 Å². The Bertz CT molecular complexity index is 1330. The van der Waals surface area contributed by atoms with Crippen molar-refractivity contribution >= 4 is 11.9 Å². The first-order valence-corrected chi connectivity index (χ1v) is 17.7. The molecule has 12 nitrogen and oxygen atoms in total. The third kappa shape index (κ3) is 4.69. The average Bonchev–Trinajstić information content (AvgIpc) is 3.01. The van der Waals surface area contributed by atoms with Crippen molar-refractivity contribution in [1.29, 1.82) is 0 Å². The normalized spacial score (nSPS) is 52.9. The number of allylic oxidation sites excluding steroid dienone is 1. The molecule has 0 aromatic rings. The van der Waals surface area contributed by atoms with Crippen molar-refractivity contribution in [3.8, 4) is 0 Å². The van der Waals surface area contributed by atoms with Crippen LogP contribution in [0.5, 0.6) is 0 Å². The largest absolute Gasteiger partial charge is 0.481 e. The molecular weight excluding hydrogens is 624 g/mol. The van der Waals surface area contributed by atoms with Gasteiger partial charge in [-0.3, -0.25) is 9.59 Å². The van der Waals surface area contributed by atoms with Crippen molar-refractivity contribution in [3.05, 3.63) is 11.6 Å². The second-order valence-electron chi connectivity index (χ2n) is 17.7. The van der Waals surface area contributed by atoms with Gasteiger partial charge < -0.3 is 50.3 Å². The highest BCUT2D eigenvalue weighted by Gasteiger charge is 2.73. The molecule has 272 valence electrons. The van der Waals surface area contributed by atoms with Crippen LogP contribution in [0, 0.1) is 50.2 Å². The van der Waals surface area contributed by atoms with Gasteiger partial charge in [-0.05, 0) is 98.7 Å². The molecule has 5 aliphatic carbocycles. The van der Waals surface area contributed by atoms with E-state index >= 15 is 0 Å². The highest BCUT2D eigenvalue weighted by atomic mass is 16.7. The SMILES string of the molecule is CC1(C)CC[C@]2(C(=O)O)CC[C@]3(CO)C(=CC[C@@H]4[C@@]5(C)C[C@H](O)[C@H](O[C@@H]6O[C@H](CO)[C@@H](O)[C@H](O)[C@@H]6O)[C@@](C)(C(=O)O)[C@@H]5CC[C@]43C)[C@H]2C1. The summed E-state index contributed by atoms with van der Waals surface area (Å²) in [5, 5.41) is 85.8. The summed E-state index contributed by atoms with van der Waals surface area (Å²) in [5.74, 6) is -2.81. The molecule has 6 rings (SSSR count). The number of aliphatic hydroxyl groups is 6. The quantitative estimate of drug-likeness (QED) is 0.150. The fourth-order valence-electron chi connectivity index (χ4n) is 12.4. The van der Waals surface area contributed by atoms with E-state index in [1.54, 1.807) is 6.92 Å². The molecule has 1 saturated heterocycles. The molecule has 6 aliphatic rings. The van der Waals surface area contributed by atoms with Gasteiger partial charge in [0.15, 0.2) is 6.29 Å². The van der Waals surface area contributed by atoms with E-state index in [1.807, 2.05) is 6.92 Å². The molecule has 1 heterocycles. The van der Waals surface area contributed by atoms with E-state index in [4.69, 9.17) is 9.47 Å². The zero-order valence-corrected chi connectivity index (χ0v) is 28.8. The monoisotopic (exact) mass is 680 g/mol. The van der Waals surface area contributed by atoms with Crippen LogP contribution in [0.15, 0.2) is 11.6 Å². The number of carbonyl (C=O) groups is 2. The Kier molecular flexibility index (Phi) is 8.81. The number of carboxylic acid groups (broad SMARTS) is 2. The van der Waals surface area contributed by atoms with Crippen LogP contribution in [0.3, 0.4) is 0 Å². The summed E-state index contributed by atoms with van der Waals surface area (Å²) in [4.78, 5) is 26.3. The minimum Gasteiger partial charge on any atom is -0.481 e. The van der Waals surface area contributed by atoms with Gasteiger partial charge in [0.05, 0.1) is 30.1 Å². The van der Waals surface area contributed by atoms with Gasteiger partial charge in [-0.15, -0.1) is 0 Å². The molecule has 0 unspecified atom stereocenters. The maximum atomic E-state index is 13.4. The molecule has 1 aliphatic heterocycles. The summed E-state index contributed by atoms with van der Waals surface area (Å²) in [6.45, 7) is 9.33. The topological polar surface area (TPSA) is 214 Å². The first kappa shape index (κ1) is 36.2. The van der Waals surface area contributed by atoms with Crippen molar-refractivity contribution < 1.29 is 59.9 Å². The number of fused-ring (bicyclic) bond motifs is 7. The molecule has 0 bridgehead atoms. The Morgan fingerprint density at radius 3 is 2.12 bits per heavy atom. The third-order valence-corrected chi connectivity index (χ3v) is 15.2. The molecule has 15 atom stereocenters. The van der Waals surface area contributed by atoms with Crippen molar-refractivity contribution in [2.24, 2.45) is 50.2 Å². The van der Waals surface area contributed by atoms with Crippen LogP contribution < -0.4 is 0 Å². The molecule has 0 spiro atoms. The molecule has 12 heteroatoms. The molecule has 48 heavy (non-hydrogen) atoms. The van der Waals surface area contributed by atoms with E-state index in [2.05, 4.69) is 26.8 Å². The Morgan fingerprint density at radius 2 is 1.52 bits per heavy atom. The first-order chi connectivity index (χ1) is 22.3. The van der Waals surface area contributed by atoms with Gasteiger partial charge in [0, 0.05) is 5.41 Å². The van der Waals surface area contributed by atoms with Gasteiger partial charge in [-0.25, -0.2) is 0 Å². The van der Waals surface area contributed by atoms with E-state index in [0.29, 0.717) is 38.5 Å². The predicted molar refractivity (Wildman–Crippen MR) is 170 cm³/mol. The Balaban J connectivity index is 1.38. The van der Waals surface area contributed by atoms with Gasteiger partial charge in [-0.2, -0.15) is 0 Å². The van der Waals surface area contributed by atoms with Gasteiger partial charge in [0.25, 0.3) is 0 Å². The van der Waals surface area contributed by atoms with Gasteiger partial charge in [0.1, 0.15) is 30.5 Å². The van der Waals surface area contributed by atoms with E-state index in [0.717, 1.165) is 18.4 Å². The Hall–Kier alpha value is -1.64. The second kappa shape index (κ2) is 11.7. The minimum absolute atomic E-state index is 0.0445. The molecule has 4 saturated carbocycles.